The highest BCUT2D eigenvalue weighted by molar-refractivity contribution is 7.86. The molecule has 19 heavy (non-hydrogen) atoms. The summed E-state index contributed by atoms with van der Waals surface area (Å²) in [6, 6.07) is 0. The summed E-state index contributed by atoms with van der Waals surface area (Å²) in [4.78, 5) is 13.1. The van der Waals surface area contributed by atoms with E-state index in [1.165, 1.54) is 23.3 Å². The Morgan fingerprint density at radius 2 is 2.26 bits per heavy atom. The molecule has 1 fully saturated rings. The number of methoxy groups -OCH3 is 1. The van der Waals surface area contributed by atoms with Gasteiger partial charge in [0, 0.05) is 26.0 Å². The predicted octanol–water partition coefficient (Wildman–Crippen LogP) is 0.337. The third-order valence-corrected chi connectivity index (χ3v) is 4.38. The standard InChI is InChI=1S/C9H12FN3O4S2/c1-17-4-7-11-12-9(18-7)13-3-6(2-8(13)14)5-19(10,15)16/h6H,2-5H2,1H3. The molecule has 1 aliphatic heterocycles. The summed E-state index contributed by atoms with van der Waals surface area (Å²) in [6.45, 7) is 0.436. The van der Waals surface area contributed by atoms with Crippen molar-refractivity contribution in [1.29, 1.82) is 0 Å². The summed E-state index contributed by atoms with van der Waals surface area (Å²) >= 11 is 1.19. The van der Waals surface area contributed by atoms with E-state index in [0.717, 1.165) is 0 Å². The fourth-order valence-electron chi connectivity index (χ4n) is 1.90. The predicted molar refractivity (Wildman–Crippen MR) is 66.0 cm³/mol. The number of rotatable bonds is 5. The van der Waals surface area contributed by atoms with Gasteiger partial charge in [-0.05, 0) is 0 Å². The molecular weight excluding hydrogens is 297 g/mol. The lowest BCUT2D eigenvalue weighted by Crippen LogP contribution is -2.25. The zero-order chi connectivity index (χ0) is 14.0. The van der Waals surface area contributed by atoms with Gasteiger partial charge in [-0.25, -0.2) is 0 Å². The van der Waals surface area contributed by atoms with Gasteiger partial charge >= 0.3 is 10.2 Å². The first kappa shape index (κ1) is 14.3. The van der Waals surface area contributed by atoms with E-state index in [9.17, 15) is 17.1 Å². The molecule has 1 unspecified atom stereocenters. The lowest BCUT2D eigenvalue weighted by Gasteiger charge is -2.11. The Labute approximate surface area is 113 Å². The highest BCUT2D eigenvalue weighted by Crippen LogP contribution is 2.28. The van der Waals surface area contributed by atoms with Crippen molar-refractivity contribution in [2.24, 2.45) is 5.92 Å². The number of amides is 1. The topological polar surface area (TPSA) is 89.5 Å². The van der Waals surface area contributed by atoms with E-state index in [0.29, 0.717) is 16.7 Å². The van der Waals surface area contributed by atoms with Crippen LogP contribution in [0.3, 0.4) is 0 Å². The van der Waals surface area contributed by atoms with Gasteiger partial charge in [-0.15, -0.1) is 14.1 Å². The molecule has 1 aromatic rings. The van der Waals surface area contributed by atoms with Crippen LogP contribution in [0.1, 0.15) is 11.4 Å². The maximum Gasteiger partial charge on any atom is 0.302 e. The van der Waals surface area contributed by atoms with Gasteiger partial charge in [-0.3, -0.25) is 9.69 Å². The molecule has 1 aromatic heterocycles. The number of anilines is 1. The van der Waals surface area contributed by atoms with Crippen LogP contribution in [0.4, 0.5) is 9.02 Å². The molecule has 0 spiro atoms. The summed E-state index contributed by atoms with van der Waals surface area (Å²) in [5.41, 5.74) is 0. The van der Waals surface area contributed by atoms with Gasteiger partial charge < -0.3 is 4.74 Å². The van der Waals surface area contributed by atoms with E-state index in [1.54, 1.807) is 0 Å². The van der Waals surface area contributed by atoms with Gasteiger partial charge in [0.1, 0.15) is 11.6 Å². The molecule has 0 aromatic carbocycles. The second-order valence-corrected chi connectivity index (χ2v) is 6.64. The SMILES string of the molecule is COCc1nnc(N2CC(CS(=O)(=O)F)CC2=O)s1. The molecule has 1 amide bonds. The Hall–Kier alpha value is -1.13. The van der Waals surface area contributed by atoms with Crippen molar-refractivity contribution in [3.05, 3.63) is 5.01 Å². The average molecular weight is 309 g/mol. The number of hydrogen-bond donors (Lipinski definition) is 0. The lowest BCUT2D eigenvalue weighted by atomic mass is 10.1. The largest absolute Gasteiger partial charge is 0.377 e. The molecule has 0 bridgehead atoms. The van der Waals surface area contributed by atoms with E-state index in [4.69, 9.17) is 4.74 Å². The monoisotopic (exact) mass is 309 g/mol. The smallest absolute Gasteiger partial charge is 0.302 e. The summed E-state index contributed by atoms with van der Waals surface area (Å²) in [7, 11) is -3.05. The fourth-order valence-corrected chi connectivity index (χ4v) is 3.52. The number of carbonyl (C=O) groups excluding carboxylic acids is 1. The molecule has 0 aliphatic carbocycles. The molecule has 0 radical (unpaired) electrons. The molecule has 10 heteroatoms. The van der Waals surface area contributed by atoms with Gasteiger partial charge in [-0.1, -0.05) is 11.3 Å². The average Bonchev–Trinajstić information content (AvgIpc) is 2.84. The van der Waals surface area contributed by atoms with E-state index >= 15 is 0 Å². The van der Waals surface area contributed by atoms with Crippen molar-refractivity contribution >= 4 is 32.6 Å². The first-order chi connectivity index (χ1) is 8.89. The first-order valence-corrected chi connectivity index (χ1v) is 7.80. The summed E-state index contributed by atoms with van der Waals surface area (Å²) in [5, 5.41) is 8.69. The van der Waals surface area contributed by atoms with Crippen LogP contribution in [-0.2, 0) is 26.4 Å². The van der Waals surface area contributed by atoms with E-state index in [-0.39, 0.29) is 18.9 Å². The van der Waals surface area contributed by atoms with Gasteiger partial charge in [0.15, 0.2) is 0 Å². The van der Waals surface area contributed by atoms with Crippen molar-refractivity contribution in [2.75, 3.05) is 24.3 Å². The number of carbonyl (C=O) groups is 1. The van der Waals surface area contributed by atoms with Gasteiger partial charge in [0.25, 0.3) is 0 Å². The molecule has 0 N–H and O–H groups in total. The van der Waals surface area contributed by atoms with Crippen LogP contribution in [0.2, 0.25) is 0 Å². The molecule has 1 atom stereocenters. The Balaban J connectivity index is 2.06. The Morgan fingerprint density at radius 1 is 1.53 bits per heavy atom. The summed E-state index contributed by atoms with van der Waals surface area (Å²) in [6.07, 6.45) is 0.00232. The Bertz CT molecular complexity index is 574. The quantitative estimate of drug-likeness (QED) is 0.729. The van der Waals surface area contributed by atoms with Crippen LogP contribution in [0.15, 0.2) is 0 Å². The van der Waals surface area contributed by atoms with Crippen molar-refractivity contribution in [3.8, 4) is 0 Å². The van der Waals surface area contributed by atoms with Gasteiger partial charge in [-0.2, -0.15) is 8.42 Å². The van der Waals surface area contributed by atoms with Crippen molar-refractivity contribution in [2.45, 2.75) is 13.0 Å². The minimum Gasteiger partial charge on any atom is -0.377 e. The summed E-state index contributed by atoms with van der Waals surface area (Å²) in [5.74, 6) is -1.45. The second kappa shape index (κ2) is 5.47. The van der Waals surface area contributed by atoms with Crippen molar-refractivity contribution in [3.63, 3.8) is 0 Å². The highest BCUT2D eigenvalue weighted by atomic mass is 32.3. The first-order valence-electron chi connectivity index (χ1n) is 5.43. The number of hydrogen-bond acceptors (Lipinski definition) is 7. The molecule has 2 rings (SSSR count). The van der Waals surface area contributed by atoms with Gasteiger partial charge in [0.05, 0.1) is 5.75 Å². The Morgan fingerprint density at radius 3 is 2.89 bits per heavy atom. The molecule has 1 saturated heterocycles. The normalized spacial score (nSPS) is 20.2. The van der Waals surface area contributed by atoms with Crippen molar-refractivity contribution in [1.82, 2.24) is 10.2 Å². The Kier molecular flexibility index (Phi) is 4.11. The molecule has 0 saturated carbocycles. The summed E-state index contributed by atoms with van der Waals surface area (Å²) < 4.78 is 38.7. The second-order valence-electron chi connectivity index (χ2n) is 4.19. The zero-order valence-corrected chi connectivity index (χ0v) is 11.7. The fraction of sp³-hybridized carbons (Fsp3) is 0.667. The third-order valence-electron chi connectivity index (χ3n) is 2.59. The number of aromatic nitrogens is 2. The number of halogens is 1. The molecule has 2 heterocycles. The lowest BCUT2D eigenvalue weighted by molar-refractivity contribution is -0.117. The van der Waals surface area contributed by atoms with Crippen LogP contribution in [0, 0.1) is 5.92 Å². The van der Waals surface area contributed by atoms with Crippen molar-refractivity contribution < 1.29 is 21.8 Å². The molecule has 7 nitrogen and oxygen atoms in total. The van der Waals surface area contributed by atoms with E-state index in [1.807, 2.05) is 0 Å². The van der Waals surface area contributed by atoms with Crippen LogP contribution in [0.5, 0.6) is 0 Å². The number of ether oxygens (including phenoxy) is 1. The number of nitrogens with zero attached hydrogens (tertiary/aromatic N) is 3. The minimum absolute atomic E-state index is 0.00232. The van der Waals surface area contributed by atoms with Gasteiger partial charge in [0.2, 0.25) is 11.0 Å². The highest BCUT2D eigenvalue weighted by Gasteiger charge is 2.35. The van der Waals surface area contributed by atoms with Crippen LogP contribution >= 0.6 is 11.3 Å². The molecule has 106 valence electrons. The third kappa shape index (κ3) is 3.67. The van der Waals surface area contributed by atoms with Crippen LogP contribution in [-0.4, -0.2) is 43.9 Å². The maximum atomic E-state index is 12.6. The molecule has 1 aliphatic rings. The minimum atomic E-state index is -4.57. The van der Waals surface area contributed by atoms with E-state index < -0.39 is 21.9 Å². The molecular formula is C9H12FN3O4S2. The maximum absolute atomic E-state index is 12.6. The zero-order valence-electron chi connectivity index (χ0n) is 10.1. The van der Waals surface area contributed by atoms with Crippen LogP contribution in [0.25, 0.3) is 0 Å². The van der Waals surface area contributed by atoms with Crippen LogP contribution < -0.4 is 4.90 Å². The van der Waals surface area contributed by atoms with E-state index in [2.05, 4.69) is 10.2 Å².